The SMILES string of the molecule is O=C(NCCCn1cccn1)N1CCOC(c2cccc(Br)c2)C1. The van der Waals surface area contributed by atoms with Gasteiger partial charge in [-0.15, -0.1) is 0 Å². The van der Waals surface area contributed by atoms with E-state index in [0.29, 0.717) is 26.2 Å². The number of nitrogens with one attached hydrogen (secondary N) is 1. The predicted molar refractivity (Wildman–Crippen MR) is 94.7 cm³/mol. The molecule has 0 radical (unpaired) electrons. The molecule has 1 saturated heterocycles. The number of morpholine rings is 1. The fourth-order valence-corrected chi connectivity index (χ4v) is 3.14. The van der Waals surface area contributed by atoms with Gasteiger partial charge < -0.3 is 15.0 Å². The van der Waals surface area contributed by atoms with Gasteiger partial charge in [-0.25, -0.2) is 4.79 Å². The normalized spacial score (nSPS) is 17.7. The maximum absolute atomic E-state index is 12.3. The molecule has 2 heterocycles. The van der Waals surface area contributed by atoms with E-state index < -0.39 is 0 Å². The van der Waals surface area contributed by atoms with Crippen molar-refractivity contribution >= 4 is 22.0 Å². The summed E-state index contributed by atoms with van der Waals surface area (Å²) in [5.74, 6) is 0. The number of ether oxygens (including phenoxy) is 1. The molecular weight excluding hydrogens is 372 g/mol. The number of hydrogen-bond donors (Lipinski definition) is 1. The number of hydrogen-bond acceptors (Lipinski definition) is 3. The fraction of sp³-hybridized carbons (Fsp3) is 0.412. The summed E-state index contributed by atoms with van der Waals surface area (Å²) in [5, 5.41) is 7.13. The number of halogens is 1. The molecule has 3 rings (SSSR count). The summed E-state index contributed by atoms with van der Waals surface area (Å²) in [5.41, 5.74) is 1.08. The van der Waals surface area contributed by atoms with E-state index in [1.54, 1.807) is 6.20 Å². The number of rotatable bonds is 5. The number of aryl methyl sites for hydroxylation is 1. The lowest BCUT2D eigenvalue weighted by Crippen LogP contribution is -2.47. The lowest BCUT2D eigenvalue weighted by atomic mass is 10.1. The second kappa shape index (κ2) is 8.30. The number of aromatic nitrogens is 2. The molecular formula is C17H21BrN4O2. The number of carbonyl (C=O) groups is 1. The Morgan fingerprint density at radius 1 is 1.42 bits per heavy atom. The smallest absolute Gasteiger partial charge is 0.317 e. The molecule has 1 aromatic carbocycles. The summed E-state index contributed by atoms with van der Waals surface area (Å²) in [7, 11) is 0. The van der Waals surface area contributed by atoms with Crippen LogP contribution in [0.2, 0.25) is 0 Å². The van der Waals surface area contributed by atoms with E-state index in [-0.39, 0.29) is 12.1 Å². The summed E-state index contributed by atoms with van der Waals surface area (Å²) < 4.78 is 8.70. The van der Waals surface area contributed by atoms with E-state index in [4.69, 9.17) is 4.74 Å². The van der Waals surface area contributed by atoms with Crippen LogP contribution in [0.5, 0.6) is 0 Å². The first-order valence-electron chi connectivity index (χ1n) is 8.09. The highest BCUT2D eigenvalue weighted by molar-refractivity contribution is 9.10. The molecule has 0 bridgehead atoms. The zero-order valence-electron chi connectivity index (χ0n) is 13.4. The summed E-state index contributed by atoms with van der Waals surface area (Å²) >= 11 is 3.48. The molecule has 1 N–H and O–H groups in total. The highest BCUT2D eigenvalue weighted by Crippen LogP contribution is 2.24. The highest BCUT2D eigenvalue weighted by Gasteiger charge is 2.25. The highest BCUT2D eigenvalue weighted by atomic mass is 79.9. The number of urea groups is 1. The summed E-state index contributed by atoms with van der Waals surface area (Å²) in [6.45, 7) is 3.18. The van der Waals surface area contributed by atoms with E-state index in [9.17, 15) is 4.79 Å². The van der Waals surface area contributed by atoms with Gasteiger partial charge in [0, 0.05) is 36.5 Å². The molecule has 1 unspecified atom stereocenters. The molecule has 0 spiro atoms. The van der Waals surface area contributed by atoms with E-state index in [1.165, 1.54) is 0 Å². The van der Waals surface area contributed by atoms with Gasteiger partial charge in [-0.2, -0.15) is 5.10 Å². The van der Waals surface area contributed by atoms with Crippen LogP contribution in [0.4, 0.5) is 4.79 Å². The zero-order valence-corrected chi connectivity index (χ0v) is 15.0. The standard InChI is InChI=1S/C17H21BrN4O2/c18-15-5-1-4-14(12-15)16-13-21(10-11-24-16)17(23)19-6-2-8-22-9-3-7-20-22/h1,3-5,7,9,12,16H,2,6,8,10-11,13H2,(H,19,23). The van der Waals surface area contributed by atoms with Crippen molar-refractivity contribution in [2.24, 2.45) is 0 Å². The van der Waals surface area contributed by atoms with Gasteiger partial charge in [-0.1, -0.05) is 28.1 Å². The minimum atomic E-state index is -0.0777. The largest absolute Gasteiger partial charge is 0.370 e. The Morgan fingerprint density at radius 2 is 2.33 bits per heavy atom. The number of nitrogens with zero attached hydrogens (tertiary/aromatic N) is 3. The molecule has 0 aliphatic carbocycles. The molecule has 24 heavy (non-hydrogen) atoms. The Balaban J connectivity index is 1.46. The Labute approximate surface area is 149 Å². The first-order valence-corrected chi connectivity index (χ1v) is 8.89. The predicted octanol–water partition coefficient (Wildman–Crippen LogP) is 2.82. The molecule has 2 amide bonds. The van der Waals surface area contributed by atoms with Crippen LogP contribution in [0.3, 0.4) is 0 Å². The van der Waals surface area contributed by atoms with Crippen molar-refractivity contribution in [2.45, 2.75) is 19.1 Å². The monoisotopic (exact) mass is 392 g/mol. The van der Waals surface area contributed by atoms with Crippen LogP contribution in [0.25, 0.3) is 0 Å². The van der Waals surface area contributed by atoms with Gasteiger partial charge in [0.05, 0.1) is 13.2 Å². The maximum atomic E-state index is 12.3. The molecule has 1 fully saturated rings. The van der Waals surface area contributed by atoms with Crippen LogP contribution in [-0.2, 0) is 11.3 Å². The fourth-order valence-electron chi connectivity index (χ4n) is 2.72. The number of amides is 2. The Kier molecular flexibility index (Phi) is 5.87. The van der Waals surface area contributed by atoms with Gasteiger partial charge in [-0.05, 0) is 30.2 Å². The van der Waals surface area contributed by atoms with Crippen LogP contribution in [0.1, 0.15) is 18.1 Å². The molecule has 7 heteroatoms. The second-order valence-electron chi connectivity index (χ2n) is 5.72. The third-order valence-corrected chi connectivity index (χ3v) is 4.47. The topological polar surface area (TPSA) is 59.4 Å². The third-order valence-electron chi connectivity index (χ3n) is 3.97. The van der Waals surface area contributed by atoms with Gasteiger partial charge in [-0.3, -0.25) is 4.68 Å². The Hall–Kier alpha value is -1.86. The minimum Gasteiger partial charge on any atom is -0.370 e. The zero-order chi connectivity index (χ0) is 16.8. The van der Waals surface area contributed by atoms with Crippen LogP contribution >= 0.6 is 15.9 Å². The van der Waals surface area contributed by atoms with Crippen molar-refractivity contribution in [3.05, 3.63) is 52.8 Å². The van der Waals surface area contributed by atoms with Gasteiger partial charge >= 0.3 is 6.03 Å². The Morgan fingerprint density at radius 3 is 3.12 bits per heavy atom. The molecule has 1 aliphatic rings. The Bertz CT molecular complexity index is 662. The van der Waals surface area contributed by atoms with Crippen molar-refractivity contribution in [2.75, 3.05) is 26.2 Å². The van der Waals surface area contributed by atoms with Gasteiger partial charge in [0.1, 0.15) is 6.10 Å². The average molecular weight is 393 g/mol. The van der Waals surface area contributed by atoms with E-state index >= 15 is 0 Å². The van der Waals surface area contributed by atoms with Crippen molar-refractivity contribution < 1.29 is 9.53 Å². The van der Waals surface area contributed by atoms with Crippen molar-refractivity contribution in [1.82, 2.24) is 20.0 Å². The molecule has 1 aliphatic heterocycles. The summed E-state index contributed by atoms with van der Waals surface area (Å²) in [6.07, 6.45) is 4.46. The lowest BCUT2D eigenvalue weighted by Gasteiger charge is -2.33. The summed E-state index contributed by atoms with van der Waals surface area (Å²) in [4.78, 5) is 14.2. The molecule has 2 aromatic rings. The van der Waals surface area contributed by atoms with Crippen molar-refractivity contribution in [3.63, 3.8) is 0 Å². The van der Waals surface area contributed by atoms with Crippen LogP contribution < -0.4 is 5.32 Å². The third kappa shape index (κ3) is 4.58. The molecule has 6 nitrogen and oxygen atoms in total. The van der Waals surface area contributed by atoms with Gasteiger partial charge in [0.25, 0.3) is 0 Å². The van der Waals surface area contributed by atoms with Crippen LogP contribution in [0.15, 0.2) is 47.2 Å². The molecule has 0 saturated carbocycles. The molecule has 1 atom stereocenters. The van der Waals surface area contributed by atoms with E-state index in [2.05, 4.69) is 26.3 Å². The molecule has 128 valence electrons. The second-order valence-corrected chi connectivity index (χ2v) is 6.63. The van der Waals surface area contributed by atoms with Crippen molar-refractivity contribution in [1.29, 1.82) is 0 Å². The van der Waals surface area contributed by atoms with E-state index in [1.807, 2.05) is 46.1 Å². The summed E-state index contributed by atoms with van der Waals surface area (Å²) in [6, 6.07) is 9.90. The average Bonchev–Trinajstić information content (AvgIpc) is 3.12. The number of carbonyl (C=O) groups excluding carboxylic acids is 1. The minimum absolute atomic E-state index is 0.0289. The number of benzene rings is 1. The van der Waals surface area contributed by atoms with Gasteiger partial charge in [0.2, 0.25) is 0 Å². The van der Waals surface area contributed by atoms with Crippen LogP contribution in [-0.4, -0.2) is 47.0 Å². The quantitative estimate of drug-likeness (QED) is 0.795. The maximum Gasteiger partial charge on any atom is 0.317 e. The molecule has 1 aromatic heterocycles. The van der Waals surface area contributed by atoms with Crippen LogP contribution in [0, 0.1) is 0 Å². The van der Waals surface area contributed by atoms with Crippen molar-refractivity contribution in [3.8, 4) is 0 Å². The first-order chi connectivity index (χ1) is 11.7. The first kappa shape index (κ1) is 17.0. The van der Waals surface area contributed by atoms with E-state index in [0.717, 1.165) is 23.0 Å². The van der Waals surface area contributed by atoms with Gasteiger partial charge in [0.15, 0.2) is 0 Å². The lowest BCUT2D eigenvalue weighted by molar-refractivity contribution is -0.0154.